The van der Waals surface area contributed by atoms with E-state index in [0.717, 1.165) is 5.56 Å². The molecule has 0 saturated heterocycles. The van der Waals surface area contributed by atoms with E-state index in [1.165, 1.54) is 39.2 Å². The van der Waals surface area contributed by atoms with Gasteiger partial charge < -0.3 is 14.2 Å². The fourth-order valence-corrected chi connectivity index (χ4v) is 2.22. The Morgan fingerprint density at radius 2 is 1.42 bits per heavy atom. The van der Waals surface area contributed by atoms with Crippen LogP contribution in [-0.2, 0) is 9.59 Å². The van der Waals surface area contributed by atoms with Gasteiger partial charge in [0.15, 0.2) is 5.78 Å². The summed E-state index contributed by atoms with van der Waals surface area (Å²) in [6.45, 7) is 2.41. The molecule has 0 radical (unpaired) electrons. The molecule has 0 unspecified atom stereocenters. The average molecular weight is 354 g/mol. The minimum absolute atomic E-state index is 0.0385. The first kappa shape index (κ1) is 18.9. The summed E-state index contributed by atoms with van der Waals surface area (Å²) in [4.78, 5) is 35.5. The van der Waals surface area contributed by atoms with Gasteiger partial charge >= 0.3 is 11.9 Å². The van der Waals surface area contributed by atoms with Crippen molar-refractivity contribution in [3.05, 3.63) is 59.7 Å². The Morgan fingerprint density at radius 3 is 1.88 bits per heavy atom. The predicted octanol–water partition coefficient (Wildman–Crippen LogP) is 3.44. The van der Waals surface area contributed by atoms with Crippen molar-refractivity contribution in [1.29, 1.82) is 0 Å². The van der Waals surface area contributed by atoms with Gasteiger partial charge in [-0.25, -0.2) is 0 Å². The Labute approximate surface area is 151 Å². The summed E-state index contributed by atoms with van der Waals surface area (Å²) in [5.74, 6) is -1.53. The van der Waals surface area contributed by atoms with E-state index in [2.05, 4.69) is 0 Å². The van der Waals surface area contributed by atoms with Crippen molar-refractivity contribution in [1.82, 2.24) is 0 Å². The third kappa shape index (κ3) is 5.04. The number of hydrogen-bond acceptors (Lipinski definition) is 6. The number of esters is 2. The minimum Gasteiger partial charge on any atom is -0.496 e. The second-order valence-corrected chi connectivity index (χ2v) is 5.29. The Bertz CT molecular complexity index is 815. The largest absolute Gasteiger partial charge is 0.496 e. The Morgan fingerprint density at radius 1 is 0.885 bits per heavy atom. The number of rotatable bonds is 6. The minimum atomic E-state index is -0.617. The Kier molecular flexibility index (Phi) is 6.27. The third-order valence-corrected chi connectivity index (χ3v) is 3.26. The zero-order chi connectivity index (χ0) is 19.1. The van der Waals surface area contributed by atoms with E-state index >= 15 is 0 Å². The van der Waals surface area contributed by atoms with Crippen molar-refractivity contribution in [2.75, 3.05) is 7.11 Å². The molecule has 6 nitrogen and oxygen atoms in total. The van der Waals surface area contributed by atoms with Gasteiger partial charge in [0.25, 0.3) is 0 Å². The molecular weight excluding hydrogens is 336 g/mol. The van der Waals surface area contributed by atoms with Gasteiger partial charge in [-0.15, -0.1) is 0 Å². The molecule has 26 heavy (non-hydrogen) atoms. The number of benzene rings is 2. The maximum Gasteiger partial charge on any atom is 0.308 e. The molecule has 0 spiro atoms. The number of allylic oxidation sites excluding steroid dienone is 1. The van der Waals surface area contributed by atoms with E-state index in [-0.39, 0.29) is 22.8 Å². The summed E-state index contributed by atoms with van der Waals surface area (Å²) in [5, 5.41) is 0. The summed E-state index contributed by atoms with van der Waals surface area (Å²) in [6, 6.07) is 12.0. The van der Waals surface area contributed by atoms with E-state index in [0.29, 0.717) is 0 Å². The summed E-state index contributed by atoms with van der Waals surface area (Å²) >= 11 is 0. The van der Waals surface area contributed by atoms with Crippen LogP contribution in [0.2, 0.25) is 0 Å². The molecule has 0 fully saturated rings. The summed E-state index contributed by atoms with van der Waals surface area (Å²) in [5.41, 5.74) is 0.779. The van der Waals surface area contributed by atoms with Crippen LogP contribution in [0.1, 0.15) is 29.8 Å². The molecule has 0 aliphatic heterocycles. The quantitative estimate of drug-likeness (QED) is 0.342. The molecule has 0 N–H and O–H groups in total. The maximum absolute atomic E-state index is 12.7. The highest BCUT2D eigenvalue weighted by atomic mass is 16.5. The average Bonchev–Trinajstić information content (AvgIpc) is 2.59. The maximum atomic E-state index is 12.7. The number of ether oxygens (including phenoxy) is 3. The van der Waals surface area contributed by atoms with E-state index in [1.54, 1.807) is 6.08 Å². The second kappa shape index (κ2) is 8.62. The third-order valence-electron chi connectivity index (χ3n) is 3.26. The van der Waals surface area contributed by atoms with Crippen molar-refractivity contribution in [2.45, 2.75) is 13.8 Å². The molecule has 0 aliphatic rings. The number of hydrogen-bond donors (Lipinski definition) is 0. The lowest BCUT2D eigenvalue weighted by Gasteiger charge is -2.13. The van der Waals surface area contributed by atoms with Gasteiger partial charge in [-0.1, -0.05) is 36.4 Å². The smallest absolute Gasteiger partial charge is 0.308 e. The lowest BCUT2D eigenvalue weighted by Crippen LogP contribution is -2.11. The Balaban J connectivity index is 2.51. The van der Waals surface area contributed by atoms with Crippen molar-refractivity contribution < 1.29 is 28.6 Å². The van der Waals surface area contributed by atoms with Crippen LogP contribution >= 0.6 is 0 Å². The number of ketones is 1. The standard InChI is InChI=1S/C20H18O6/c1-13(21)25-18-11-16(24-3)12-19(26-14(2)22)20(18)17(23)10-9-15-7-5-4-6-8-15/h4-12H,1-3H3. The van der Waals surface area contributed by atoms with Crippen LogP contribution < -0.4 is 14.2 Å². The lowest BCUT2D eigenvalue weighted by molar-refractivity contribution is -0.132. The first-order chi connectivity index (χ1) is 12.4. The fraction of sp³-hybridized carbons (Fsp3) is 0.150. The van der Waals surface area contributed by atoms with Crippen molar-refractivity contribution in [3.8, 4) is 17.2 Å². The molecule has 2 rings (SSSR count). The van der Waals surface area contributed by atoms with Crippen molar-refractivity contribution >= 4 is 23.8 Å². The normalized spacial score (nSPS) is 10.4. The van der Waals surface area contributed by atoms with Crippen molar-refractivity contribution in [2.24, 2.45) is 0 Å². The van der Waals surface area contributed by atoms with Gasteiger partial charge in [-0.05, 0) is 11.6 Å². The van der Waals surface area contributed by atoms with Gasteiger partial charge in [-0.3, -0.25) is 14.4 Å². The predicted molar refractivity (Wildman–Crippen MR) is 95.4 cm³/mol. The highest BCUT2D eigenvalue weighted by molar-refractivity contribution is 6.11. The molecule has 0 saturated carbocycles. The fourth-order valence-electron chi connectivity index (χ4n) is 2.22. The van der Waals surface area contributed by atoms with Crippen LogP contribution in [0, 0.1) is 0 Å². The highest BCUT2D eigenvalue weighted by Gasteiger charge is 2.21. The van der Waals surface area contributed by atoms with Gasteiger partial charge in [0.1, 0.15) is 22.8 Å². The van der Waals surface area contributed by atoms with E-state index in [1.807, 2.05) is 30.3 Å². The molecule has 0 bridgehead atoms. The molecular formula is C20H18O6. The monoisotopic (exact) mass is 354 g/mol. The van der Waals surface area contributed by atoms with E-state index in [9.17, 15) is 14.4 Å². The summed E-state index contributed by atoms with van der Waals surface area (Å²) in [6.07, 6.45) is 2.93. The molecule has 0 atom stereocenters. The first-order valence-electron chi connectivity index (χ1n) is 7.77. The highest BCUT2D eigenvalue weighted by Crippen LogP contribution is 2.35. The van der Waals surface area contributed by atoms with Crippen LogP contribution in [0.4, 0.5) is 0 Å². The molecule has 6 heteroatoms. The number of carbonyl (C=O) groups excluding carboxylic acids is 3. The number of methoxy groups -OCH3 is 1. The molecule has 2 aromatic rings. The lowest BCUT2D eigenvalue weighted by atomic mass is 10.1. The molecule has 0 aliphatic carbocycles. The van der Waals surface area contributed by atoms with Crippen LogP contribution in [0.5, 0.6) is 17.2 Å². The van der Waals surface area contributed by atoms with Gasteiger partial charge in [0, 0.05) is 26.0 Å². The molecule has 0 heterocycles. The Hall–Kier alpha value is -3.41. The molecule has 134 valence electrons. The van der Waals surface area contributed by atoms with E-state index < -0.39 is 17.7 Å². The SMILES string of the molecule is COc1cc(OC(C)=O)c(C(=O)C=Cc2ccccc2)c(OC(C)=O)c1. The number of carbonyl (C=O) groups is 3. The molecule has 0 aromatic heterocycles. The van der Waals surface area contributed by atoms with Gasteiger partial charge in [0.2, 0.25) is 0 Å². The molecule has 2 aromatic carbocycles. The summed E-state index contributed by atoms with van der Waals surface area (Å²) in [7, 11) is 1.40. The van der Waals surface area contributed by atoms with Crippen molar-refractivity contribution in [3.63, 3.8) is 0 Å². The second-order valence-electron chi connectivity index (χ2n) is 5.29. The van der Waals surface area contributed by atoms with Crippen LogP contribution in [0.25, 0.3) is 6.08 Å². The topological polar surface area (TPSA) is 78.9 Å². The van der Waals surface area contributed by atoms with Gasteiger partial charge in [-0.2, -0.15) is 0 Å². The van der Waals surface area contributed by atoms with Gasteiger partial charge in [0.05, 0.1) is 7.11 Å². The van der Waals surface area contributed by atoms with Crippen LogP contribution in [0.15, 0.2) is 48.5 Å². The zero-order valence-corrected chi connectivity index (χ0v) is 14.6. The van der Waals surface area contributed by atoms with E-state index in [4.69, 9.17) is 14.2 Å². The zero-order valence-electron chi connectivity index (χ0n) is 14.6. The van der Waals surface area contributed by atoms with Crippen LogP contribution in [-0.4, -0.2) is 24.8 Å². The summed E-state index contributed by atoms with van der Waals surface area (Å²) < 4.78 is 15.3. The van der Waals surface area contributed by atoms with Crippen LogP contribution in [0.3, 0.4) is 0 Å². The molecule has 0 amide bonds. The first-order valence-corrected chi connectivity index (χ1v) is 7.77.